The predicted molar refractivity (Wildman–Crippen MR) is 73.2 cm³/mol. The minimum atomic E-state index is 0.423. The minimum absolute atomic E-state index is 0.423. The van der Waals surface area contributed by atoms with Gasteiger partial charge in [-0.05, 0) is 49.8 Å². The molecule has 2 atom stereocenters. The Morgan fingerprint density at radius 1 is 1.33 bits per heavy atom. The molecule has 2 aliphatic heterocycles. The maximum atomic E-state index is 6.17. The zero-order valence-corrected chi connectivity index (χ0v) is 11.2. The standard InChI is InChI=1S/C15H23N3/c1-11-5-6-17-9-12(11)10-18-14-3-2-4-15(18)8-13(16)7-14/h5-6,9,13-15H,2-4,7-8,10,16H2,1H3. The number of pyridine rings is 1. The average Bonchev–Trinajstić information content (AvgIpc) is 2.33. The van der Waals surface area contributed by atoms with Gasteiger partial charge >= 0.3 is 0 Å². The molecule has 1 aromatic rings. The molecule has 3 rings (SSSR count). The molecule has 2 saturated heterocycles. The first-order valence-corrected chi connectivity index (χ1v) is 7.15. The van der Waals surface area contributed by atoms with Crippen molar-refractivity contribution in [1.29, 1.82) is 0 Å². The van der Waals surface area contributed by atoms with E-state index < -0.39 is 0 Å². The summed E-state index contributed by atoms with van der Waals surface area (Å²) in [7, 11) is 0. The van der Waals surface area contributed by atoms with Gasteiger partial charge in [0.2, 0.25) is 0 Å². The van der Waals surface area contributed by atoms with E-state index in [9.17, 15) is 0 Å². The fraction of sp³-hybridized carbons (Fsp3) is 0.667. The van der Waals surface area contributed by atoms with E-state index in [1.807, 2.05) is 12.4 Å². The van der Waals surface area contributed by atoms with E-state index in [1.54, 1.807) is 0 Å². The highest BCUT2D eigenvalue weighted by atomic mass is 15.2. The van der Waals surface area contributed by atoms with Crippen LogP contribution in [0.3, 0.4) is 0 Å². The Bertz CT molecular complexity index is 404. The van der Waals surface area contributed by atoms with E-state index in [2.05, 4.69) is 22.9 Å². The van der Waals surface area contributed by atoms with Crippen LogP contribution in [0.2, 0.25) is 0 Å². The smallest absolute Gasteiger partial charge is 0.0315 e. The Balaban J connectivity index is 1.78. The van der Waals surface area contributed by atoms with Crippen molar-refractivity contribution in [3.8, 4) is 0 Å². The summed E-state index contributed by atoms with van der Waals surface area (Å²) in [6.07, 6.45) is 10.3. The molecule has 2 aliphatic rings. The third-order valence-corrected chi connectivity index (χ3v) is 4.66. The molecule has 2 N–H and O–H groups in total. The van der Waals surface area contributed by atoms with Crippen LogP contribution in [0.15, 0.2) is 18.5 Å². The summed E-state index contributed by atoms with van der Waals surface area (Å²) < 4.78 is 0. The van der Waals surface area contributed by atoms with Crippen molar-refractivity contribution in [3.05, 3.63) is 29.6 Å². The summed E-state index contributed by atoms with van der Waals surface area (Å²) >= 11 is 0. The van der Waals surface area contributed by atoms with Crippen LogP contribution in [0.25, 0.3) is 0 Å². The third-order valence-electron chi connectivity index (χ3n) is 4.66. The quantitative estimate of drug-likeness (QED) is 0.869. The van der Waals surface area contributed by atoms with Crippen molar-refractivity contribution < 1.29 is 0 Å². The average molecular weight is 245 g/mol. The maximum Gasteiger partial charge on any atom is 0.0315 e. The van der Waals surface area contributed by atoms with E-state index in [0.29, 0.717) is 18.1 Å². The summed E-state index contributed by atoms with van der Waals surface area (Å²) in [6, 6.07) is 3.94. The van der Waals surface area contributed by atoms with Crippen molar-refractivity contribution in [1.82, 2.24) is 9.88 Å². The number of hydrogen-bond donors (Lipinski definition) is 1. The molecule has 0 aromatic carbocycles. The lowest BCUT2D eigenvalue weighted by Gasteiger charge is -2.48. The predicted octanol–water partition coefficient (Wildman–Crippen LogP) is 2.23. The SMILES string of the molecule is Cc1ccncc1CN1C2CCCC1CC(N)C2. The molecular formula is C15H23N3. The van der Waals surface area contributed by atoms with Gasteiger partial charge in [-0.1, -0.05) is 6.42 Å². The first kappa shape index (κ1) is 12.1. The van der Waals surface area contributed by atoms with E-state index in [0.717, 1.165) is 6.54 Å². The Labute approximate surface area is 109 Å². The van der Waals surface area contributed by atoms with Crippen LogP contribution < -0.4 is 5.73 Å². The zero-order chi connectivity index (χ0) is 12.5. The molecule has 3 heteroatoms. The summed E-state index contributed by atoms with van der Waals surface area (Å²) in [5.41, 5.74) is 8.91. The maximum absolute atomic E-state index is 6.17. The number of aromatic nitrogens is 1. The van der Waals surface area contributed by atoms with Crippen molar-refractivity contribution in [2.24, 2.45) is 5.73 Å². The highest BCUT2D eigenvalue weighted by molar-refractivity contribution is 5.21. The zero-order valence-electron chi connectivity index (χ0n) is 11.2. The van der Waals surface area contributed by atoms with Crippen LogP contribution in [0.4, 0.5) is 0 Å². The highest BCUT2D eigenvalue weighted by Gasteiger charge is 2.36. The number of hydrogen-bond acceptors (Lipinski definition) is 3. The molecule has 18 heavy (non-hydrogen) atoms. The monoisotopic (exact) mass is 245 g/mol. The molecule has 0 aliphatic carbocycles. The van der Waals surface area contributed by atoms with Crippen LogP contribution in [-0.4, -0.2) is 28.0 Å². The van der Waals surface area contributed by atoms with Gasteiger partial charge in [-0.25, -0.2) is 0 Å². The van der Waals surface area contributed by atoms with Crippen LogP contribution in [0, 0.1) is 6.92 Å². The topological polar surface area (TPSA) is 42.2 Å². The Kier molecular flexibility index (Phi) is 3.35. The number of rotatable bonds is 2. The summed E-state index contributed by atoms with van der Waals surface area (Å²) in [5.74, 6) is 0. The molecule has 0 saturated carbocycles. The summed E-state index contributed by atoms with van der Waals surface area (Å²) in [6.45, 7) is 3.24. The van der Waals surface area contributed by atoms with Gasteiger partial charge < -0.3 is 5.73 Å². The molecule has 0 radical (unpaired) electrons. The Hall–Kier alpha value is -0.930. The second-order valence-electron chi connectivity index (χ2n) is 5.94. The van der Waals surface area contributed by atoms with Gasteiger partial charge in [-0.15, -0.1) is 0 Å². The van der Waals surface area contributed by atoms with Crippen molar-refractivity contribution in [2.75, 3.05) is 0 Å². The second-order valence-corrected chi connectivity index (χ2v) is 5.94. The molecule has 3 nitrogen and oxygen atoms in total. The van der Waals surface area contributed by atoms with Crippen molar-refractivity contribution in [3.63, 3.8) is 0 Å². The number of nitrogens with two attached hydrogens (primary N) is 1. The summed E-state index contributed by atoms with van der Waals surface area (Å²) in [4.78, 5) is 6.96. The molecule has 2 bridgehead atoms. The van der Waals surface area contributed by atoms with Crippen LogP contribution in [0.1, 0.15) is 43.2 Å². The number of nitrogens with zero attached hydrogens (tertiary/aromatic N) is 2. The van der Waals surface area contributed by atoms with Gasteiger partial charge in [-0.3, -0.25) is 9.88 Å². The van der Waals surface area contributed by atoms with Crippen molar-refractivity contribution in [2.45, 2.75) is 63.7 Å². The lowest BCUT2D eigenvalue weighted by Crippen LogP contribution is -2.54. The first-order valence-electron chi connectivity index (χ1n) is 7.15. The second kappa shape index (κ2) is 4.98. The Morgan fingerprint density at radius 3 is 2.72 bits per heavy atom. The van der Waals surface area contributed by atoms with Crippen LogP contribution >= 0.6 is 0 Å². The van der Waals surface area contributed by atoms with E-state index in [4.69, 9.17) is 5.73 Å². The highest BCUT2D eigenvalue weighted by Crippen LogP contribution is 2.34. The Morgan fingerprint density at radius 2 is 2.06 bits per heavy atom. The first-order chi connectivity index (χ1) is 8.74. The molecule has 2 unspecified atom stereocenters. The normalized spacial score (nSPS) is 32.4. The van der Waals surface area contributed by atoms with Crippen LogP contribution in [-0.2, 0) is 6.54 Å². The molecule has 2 fully saturated rings. The third kappa shape index (κ3) is 2.29. The largest absolute Gasteiger partial charge is 0.328 e. The van der Waals surface area contributed by atoms with Gasteiger partial charge in [-0.2, -0.15) is 0 Å². The van der Waals surface area contributed by atoms with Gasteiger partial charge in [0.1, 0.15) is 0 Å². The lowest BCUT2D eigenvalue weighted by molar-refractivity contribution is 0.0243. The van der Waals surface area contributed by atoms with Crippen LogP contribution in [0.5, 0.6) is 0 Å². The number of piperidine rings is 2. The fourth-order valence-electron chi connectivity index (χ4n) is 3.64. The van der Waals surface area contributed by atoms with Gasteiger partial charge in [0.25, 0.3) is 0 Å². The molecule has 98 valence electrons. The van der Waals surface area contributed by atoms with Gasteiger partial charge in [0, 0.05) is 37.1 Å². The van der Waals surface area contributed by atoms with E-state index >= 15 is 0 Å². The molecule has 3 heterocycles. The summed E-state index contributed by atoms with van der Waals surface area (Å²) in [5, 5.41) is 0. The molecule has 0 amide bonds. The molecule has 0 spiro atoms. The van der Waals surface area contributed by atoms with E-state index in [1.165, 1.54) is 43.2 Å². The van der Waals surface area contributed by atoms with Crippen molar-refractivity contribution >= 4 is 0 Å². The number of fused-ring (bicyclic) bond motifs is 2. The number of aryl methyl sites for hydroxylation is 1. The molecular weight excluding hydrogens is 222 g/mol. The lowest BCUT2D eigenvalue weighted by atomic mass is 9.82. The van der Waals surface area contributed by atoms with Gasteiger partial charge in [0.15, 0.2) is 0 Å². The van der Waals surface area contributed by atoms with Gasteiger partial charge in [0.05, 0.1) is 0 Å². The fourth-order valence-corrected chi connectivity index (χ4v) is 3.64. The van der Waals surface area contributed by atoms with E-state index in [-0.39, 0.29) is 0 Å². The molecule has 1 aromatic heterocycles. The minimum Gasteiger partial charge on any atom is -0.328 e.